The molecule has 146 valence electrons. The standard InChI is InChI=1S/C21H23N3O4/c1-14-6-7-19(28-14)18(24-8-10-27-11-9-24)13-22-21(26)16-12-20(25)23-17-5-3-2-4-15(16)17/h2-7,12,18H,8-11,13H2,1H3,(H,22,26)(H,23,25). The second-order valence-electron chi connectivity index (χ2n) is 6.92. The van der Waals surface area contributed by atoms with Gasteiger partial charge in [-0.25, -0.2) is 0 Å². The van der Waals surface area contributed by atoms with Gasteiger partial charge in [0.15, 0.2) is 0 Å². The van der Waals surface area contributed by atoms with Gasteiger partial charge in [0, 0.05) is 36.6 Å². The maximum absolute atomic E-state index is 12.9. The Bertz CT molecular complexity index is 1030. The van der Waals surface area contributed by atoms with E-state index in [9.17, 15) is 9.59 Å². The Morgan fingerprint density at radius 2 is 2.00 bits per heavy atom. The molecule has 1 atom stereocenters. The first-order valence-corrected chi connectivity index (χ1v) is 9.40. The molecule has 1 unspecified atom stereocenters. The van der Waals surface area contributed by atoms with E-state index in [1.807, 2.05) is 37.3 Å². The summed E-state index contributed by atoms with van der Waals surface area (Å²) in [7, 11) is 0. The number of carbonyl (C=O) groups excluding carboxylic acids is 1. The Hall–Kier alpha value is -2.90. The lowest BCUT2D eigenvalue weighted by atomic mass is 10.1. The largest absolute Gasteiger partial charge is 0.465 e. The number of morpholine rings is 1. The van der Waals surface area contributed by atoms with Crippen LogP contribution in [0.4, 0.5) is 0 Å². The minimum absolute atomic E-state index is 0.0881. The van der Waals surface area contributed by atoms with Crippen molar-refractivity contribution in [1.82, 2.24) is 15.2 Å². The highest BCUT2D eigenvalue weighted by molar-refractivity contribution is 6.05. The Morgan fingerprint density at radius 3 is 2.75 bits per heavy atom. The van der Waals surface area contributed by atoms with Gasteiger partial charge in [0.05, 0.1) is 24.8 Å². The summed E-state index contributed by atoms with van der Waals surface area (Å²) in [6.45, 7) is 5.14. The number of hydrogen-bond acceptors (Lipinski definition) is 5. The van der Waals surface area contributed by atoms with Crippen LogP contribution in [0.1, 0.15) is 27.9 Å². The number of H-pyrrole nitrogens is 1. The van der Waals surface area contributed by atoms with Crippen LogP contribution in [0.3, 0.4) is 0 Å². The van der Waals surface area contributed by atoms with Gasteiger partial charge in [-0.1, -0.05) is 18.2 Å². The van der Waals surface area contributed by atoms with E-state index in [4.69, 9.17) is 9.15 Å². The normalized spacial score (nSPS) is 16.2. The highest BCUT2D eigenvalue weighted by Gasteiger charge is 2.26. The Balaban J connectivity index is 1.57. The van der Waals surface area contributed by atoms with Crippen molar-refractivity contribution in [3.05, 3.63) is 69.9 Å². The molecular formula is C21H23N3O4. The third kappa shape index (κ3) is 3.85. The minimum atomic E-state index is -0.296. The number of para-hydroxylation sites is 1. The molecule has 1 saturated heterocycles. The van der Waals surface area contributed by atoms with Crippen molar-refractivity contribution in [3.63, 3.8) is 0 Å². The highest BCUT2D eigenvalue weighted by atomic mass is 16.5. The number of hydrogen-bond donors (Lipinski definition) is 2. The number of amides is 1. The number of pyridine rings is 1. The molecule has 3 heterocycles. The van der Waals surface area contributed by atoms with Crippen molar-refractivity contribution in [3.8, 4) is 0 Å². The molecular weight excluding hydrogens is 358 g/mol. The zero-order valence-electron chi connectivity index (χ0n) is 15.7. The average Bonchev–Trinajstić information content (AvgIpc) is 3.14. The third-order valence-corrected chi connectivity index (χ3v) is 5.03. The van der Waals surface area contributed by atoms with Crippen molar-refractivity contribution in [2.75, 3.05) is 32.8 Å². The van der Waals surface area contributed by atoms with Crippen molar-refractivity contribution in [1.29, 1.82) is 0 Å². The number of carbonyl (C=O) groups is 1. The second kappa shape index (κ2) is 8.00. The van der Waals surface area contributed by atoms with Crippen LogP contribution >= 0.6 is 0 Å². The molecule has 0 spiro atoms. The molecule has 2 N–H and O–H groups in total. The lowest BCUT2D eigenvalue weighted by molar-refractivity contribution is 0.0117. The van der Waals surface area contributed by atoms with Crippen molar-refractivity contribution < 1.29 is 13.9 Å². The van der Waals surface area contributed by atoms with Gasteiger partial charge in [0.2, 0.25) is 5.56 Å². The summed E-state index contributed by atoms with van der Waals surface area (Å²) in [5.41, 5.74) is 0.720. The molecule has 7 heteroatoms. The van der Waals surface area contributed by atoms with Gasteiger partial charge in [0.25, 0.3) is 5.91 Å². The number of nitrogens with zero attached hydrogens (tertiary/aromatic N) is 1. The van der Waals surface area contributed by atoms with Gasteiger partial charge < -0.3 is 19.5 Å². The molecule has 1 aliphatic rings. The van der Waals surface area contributed by atoms with E-state index in [0.29, 0.717) is 30.8 Å². The lowest BCUT2D eigenvalue weighted by Crippen LogP contribution is -2.43. The summed E-state index contributed by atoms with van der Waals surface area (Å²) >= 11 is 0. The molecule has 2 aromatic heterocycles. The highest BCUT2D eigenvalue weighted by Crippen LogP contribution is 2.24. The van der Waals surface area contributed by atoms with Crippen LogP contribution in [-0.4, -0.2) is 48.6 Å². The smallest absolute Gasteiger partial charge is 0.252 e. The van der Waals surface area contributed by atoms with Gasteiger partial charge >= 0.3 is 0 Å². The van der Waals surface area contributed by atoms with Crippen LogP contribution < -0.4 is 10.9 Å². The SMILES string of the molecule is Cc1ccc(C(CNC(=O)c2cc(=O)[nH]c3ccccc23)N2CCOCC2)o1. The van der Waals surface area contributed by atoms with Crippen LogP contribution in [0.15, 0.2) is 51.7 Å². The van der Waals surface area contributed by atoms with E-state index in [1.165, 1.54) is 6.07 Å². The number of furan rings is 1. The van der Waals surface area contributed by atoms with E-state index in [1.54, 1.807) is 6.07 Å². The second-order valence-corrected chi connectivity index (χ2v) is 6.92. The fraction of sp³-hybridized carbons (Fsp3) is 0.333. The summed E-state index contributed by atoms with van der Waals surface area (Å²) in [6, 6.07) is 12.4. The predicted octanol–water partition coefficient (Wildman–Crippen LogP) is 2.23. The first kappa shape index (κ1) is 18.5. The molecule has 0 bridgehead atoms. The topological polar surface area (TPSA) is 87.6 Å². The Labute approximate surface area is 162 Å². The van der Waals surface area contributed by atoms with E-state index < -0.39 is 0 Å². The molecule has 4 rings (SSSR count). The number of aryl methyl sites for hydroxylation is 1. The van der Waals surface area contributed by atoms with Crippen molar-refractivity contribution in [2.24, 2.45) is 0 Å². The van der Waals surface area contributed by atoms with Gasteiger partial charge in [-0.15, -0.1) is 0 Å². The third-order valence-electron chi connectivity index (χ3n) is 5.03. The van der Waals surface area contributed by atoms with E-state index in [0.717, 1.165) is 30.0 Å². The number of ether oxygens (including phenoxy) is 1. The number of benzene rings is 1. The lowest BCUT2D eigenvalue weighted by Gasteiger charge is -2.33. The van der Waals surface area contributed by atoms with Gasteiger partial charge in [-0.3, -0.25) is 14.5 Å². The van der Waals surface area contributed by atoms with Crippen LogP contribution in [0.2, 0.25) is 0 Å². The molecule has 1 aliphatic heterocycles. The number of rotatable bonds is 5. The zero-order chi connectivity index (χ0) is 19.5. The summed E-state index contributed by atoms with van der Waals surface area (Å²) in [4.78, 5) is 29.8. The van der Waals surface area contributed by atoms with Gasteiger partial charge in [-0.2, -0.15) is 0 Å². The van der Waals surface area contributed by atoms with E-state index >= 15 is 0 Å². The molecule has 0 radical (unpaired) electrons. The molecule has 0 aliphatic carbocycles. The maximum Gasteiger partial charge on any atom is 0.252 e. The molecule has 1 amide bonds. The van der Waals surface area contributed by atoms with Gasteiger partial charge in [0.1, 0.15) is 11.5 Å². The fourth-order valence-corrected chi connectivity index (χ4v) is 3.61. The monoisotopic (exact) mass is 381 g/mol. The Kier molecular flexibility index (Phi) is 5.27. The summed E-state index contributed by atoms with van der Waals surface area (Å²) in [5.74, 6) is 1.37. The molecule has 1 aromatic carbocycles. The average molecular weight is 381 g/mol. The molecule has 3 aromatic rings. The first-order chi connectivity index (χ1) is 13.6. The summed E-state index contributed by atoms with van der Waals surface area (Å²) in [5, 5.41) is 3.71. The van der Waals surface area contributed by atoms with Crippen LogP contribution in [0, 0.1) is 6.92 Å². The molecule has 0 saturated carbocycles. The summed E-state index contributed by atoms with van der Waals surface area (Å²) < 4.78 is 11.3. The molecule has 28 heavy (non-hydrogen) atoms. The minimum Gasteiger partial charge on any atom is -0.465 e. The number of aromatic amines is 1. The maximum atomic E-state index is 12.9. The van der Waals surface area contributed by atoms with E-state index in [2.05, 4.69) is 15.2 Å². The van der Waals surface area contributed by atoms with E-state index in [-0.39, 0.29) is 17.5 Å². The number of aromatic nitrogens is 1. The first-order valence-electron chi connectivity index (χ1n) is 9.40. The number of nitrogens with one attached hydrogen (secondary N) is 2. The molecule has 1 fully saturated rings. The van der Waals surface area contributed by atoms with Crippen LogP contribution in [0.5, 0.6) is 0 Å². The number of fused-ring (bicyclic) bond motifs is 1. The summed E-state index contributed by atoms with van der Waals surface area (Å²) in [6.07, 6.45) is 0. The quantitative estimate of drug-likeness (QED) is 0.708. The van der Waals surface area contributed by atoms with Crippen LogP contribution in [0.25, 0.3) is 10.9 Å². The Morgan fingerprint density at radius 1 is 1.21 bits per heavy atom. The van der Waals surface area contributed by atoms with Gasteiger partial charge in [-0.05, 0) is 25.1 Å². The van der Waals surface area contributed by atoms with Crippen molar-refractivity contribution >= 4 is 16.8 Å². The molecule has 7 nitrogen and oxygen atoms in total. The van der Waals surface area contributed by atoms with Crippen LogP contribution in [-0.2, 0) is 4.74 Å². The predicted molar refractivity (Wildman–Crippen MR) is 105 cm³/mol. The fourth-order valence-electron chi connectivity index (χ4n) is 3.61. The van der Waals surface area contributed by atoms with Crippen molar-refractivity contribution in [2.45, 2.75) is 13.0 Å². The zero-order valence-corrected chi connectivity index (χ0v) is 15.7.